The number of carbonyl (C=O) groups is 4. The van der Waals surface area contributed by atoms with Crippen molar-refractivity contribution in [3.63, 3.8) is 0 Å². The molecule has 0 spiro atoms. The zero-order valence-corrected chi connectivity index (χ0v) is 13.6. The van der Waals surface area contributed by atoms with Crippen LogP contribution in [0.2, 0.25) is 0 Å². The summed E-state index contributed by atoms with van der Waals surface area (Å²) in [4.78, 5) is 49.0. The molecule has 1 aliphatic carbocycles. The molecule has 0 aromatic heterocycles. The van der Waals surface area contributed by atoms with E-state index in [9.17, 15) is 19.2 Å². The number of rotatable bonds is 4. The molecule has 1 aliphatic heterocycles. The fourth-order valence-electron chi connectivity index (χ4n) is 3.09. The second-order valence-electron chi connectivity index (χ2n) is 5.91. The minimum absolute atomic E-state index is 0.218. The monoisotopic (exact) mass is 343 g/mol. The van der Waals surface area contributed by atoms with Gasteiger partial charge in [0.1, 0.15) is 12.3 Å². The lowest BCUT2D eigenvalue weighted by Gasteiger charge is -2.14. The molecule has 3 rings (SSSR count). The number of allylic oxidation sites excluding steroid dienone is 2. The van der Waals surface area contributed by atoms with Gasteiger partial charge in [0.15, 0.2) is 0 Å². The average molecular weight is 343 g/mol. The Kier molecular flexibility index (Phi) is 4.65. The number of imide groups is 1. The summed E-state index contributed by atoms with van der Waals surface area (Å²) in [6, 6.07) is 5.81. The molecule has 0 radical (unpaired) electrons. The number of carbonyl (C=O) groups excluding carboxylic acids is 4. The molecule has 1 aromatic carbocycles. The van der Waals surface area contributed by atoms with Gasteiger partial charge in [0.2, 0.25) is 11.8 Å². The maximum Gasteiger partial charge on any atom is 0.337 e. The van der Waals surface area contributed by atoms with Crippen LogP contribution in [0.15, 0.2) is 36.4 Å². The summed E-state index contributed by atoms with van der Waals surface area (Å²) in [5.74, 6) is -2.37. The number of esters is 2. The Bertz CT molecular complexity index is 725. The maximum absolute atomic E-state index is 12.3. The standard InChI is InChI=1S/C18H17NO6/c1-24-18(23)11-6-8-12(9-7-11)25-15(20)10-19-16(21)13-4-2-3-5-14(13)17(19)22/h2-3,6-9,13-14H,4-5,10H2,1H3/t13-,14-/m1/s1. The van der Waals surface area contributed by atoms with Crippen molar-refractivity contribution in [3.8, 4) is 5.75 Å². The van der Waals surface area contributed by atoms with Crippen LogP contribution in [0, 0.1) is 11.8 Å². The molecule has 25 heavy (non-hydrogen) atoms. The van der Waals surface area contributed by atoms with Gasteiger partial charge in [0.05, 0.1) is 24.5 Å². The highest BCUT2D eigenvalue weighted by Gasteiger charge is 2.47. The van der Waals surface area contributed by atoms with E-state index in [4.69, 9.17) is 4.74 Å². The molecule has 2 aliphatic rings. The number of benzene rings is 1. The Hall–Kier alpha value is -2.96. The van der Waals surface area contributed by atoms with Crippen LogP contribution >= 0.6 is 0 Å². The zero-order valence-electron chi connectivity index (χ0n) is 13.6. The second kappa shape index (κ2) is 6.88. The summed E-state index contributed by atoms with van der Waals surface area (Å²) < 4.78 is 9.72. The van der Waals surface area contributed by atoms with Gasteiger partial charge in [-0.3, -0.25) is 14.5 Å². The van der Waals surface area contributed by atoms with E-state index in [0.717, 1.165) is 4.90 Å². The number of ether oxygens (including phenoxy) is 2. The summed E-state index contributed by atoms with van der Waals surface area (Å²) in [5.41, 5.74) is 0.323. The van der Waals surface area contributed by atoms with Crippen molar-refractivity contribution in [2.75, 3.05) is 13.7 Å². The van der Waals surface area contributed by atoms with E-state index < -0.39 is 18.5 Å². The van der Waals surface area contributed by atoms with Crippen molar-refractivity contribution in [2.45, 2.75) is 12.8 Å². The summed E-state index contributed by atoms with van der Waals surface area (Å²) in [6.07, 6.45) is 4.82. The third kappa shape index (κ3) is 3.31. The summed E-state index contributed by atoms with van der Waals surface area (Å²) in [5, 5.41) is 0. The normalized spacial score (nSPS) is 21.9. The number of methoxy groups -OCH3 is 1. The number of amides is 2. The van der Waals surface area contributed by atoms with Crippen molar-refractivity contribution >= 4 is 23.8 Å². The largest absolute Gasteiger partial charge is 0.465 e. The van der Waals surface area contributed by atoms with E-state index in [1.165, 1.54) is 31.4 Å². The lowest BCUT2D eigenvalue weighted by Crippen LogP contribution is -2.37. The first-order valence-electron chi connectivity index (χ1n) is 7.90. The van der Waals surface area contributed by atoms with Crippen LogP contribution in [0.25, 0.3) is 0 Å². The van der Waals surface area contributed by atoms with E-state index in [2.05, 4.69) is 4.74 Å². The van der Waals surface area contributed by atoms with Crippen LogP contribution in [0.3, 0.4) is 0 Å². The maximum atomic E-state index is 12.3. The van der Waals surface area contributed by atoms with Crippen LogP contribution in [0.5, 0.6) is 5.75 Å². The highest BCUT2D eigenvalue weighted by atomic mass is 16.5. The van der Waals surface area contributed by atoms with E-state index in [-0.39, 0.29) is 29.4 Å². The molecule has 7 heteroatoms. The van der Waals surface area contributed by atoms with Gasteiger partial charge < -0.3 is 9.47 Å². The number of hydrogen-bond acceptors (Lipinski definition) is 6. The first-order chi connectivity index (χ1) is 12.0. The van der Waals surface area contributed by atoms with Gasteiger partial charge in [-0.1, -0.05) is 12.2 Å². The van der Waals surface area contributed by atoms with Gasteiger partial charge in [0.25, 0.3) is 0 Å². The van der Waals surface area contributed by atoms with Gasteiger partial charge >= 0.3 is 11.9 Å². The lowest BCUT2D eigenvalue weighted by atomic mass is 9.85. The Morgan fingerprint density at radius 1 is 1.04 bits per heavy atom. The van der Waals surface area contributed by atoms with E-state index in [1.807, 2.05) is 12.2 Å². The van der Waals surface area contributed by atoms with Crippen molar-refractivity contribution in [3.05, 3.63) is 42.0 Å². The molecule has 2 atom stereocenters. The van der Waals surface area contributed by atoms with Gasteiger partial charge in [0, 0.05) is 0 Å². The van der Waals surface area contributed by atoms with Gasteiger partial charge in [-0.2, -0.15) is 0 Å². The van der Waals surface area contributed by atoms with E-state index in [1.54, 1.807) is 0 Å². The molecule has 1 fully saturated rings. The average Bonchev–Trinajstić information content (AvgIpc) is 2.87. The Morgan fingerprint density at radius 2 is 1.60 bits per heavy atom. The van der Waals surface area contributed by atoms with Crippen LogP contribution in [-0.2, 0) is 19.1 Å². The molecule has 0 bridgehead atoms. The third-order valence-electron chi connectivity index (χ3n) is 4.39. The Labute approximate surface area is 144 Å². The Morgan fingerprint density at radius 3 is 2.12 bits per heavy atom. The zero-order chi connectivity index (χ0) is 18.0. The fraction of sp³-hybridized carbons (Fsp3) is 0.333. The van der Waals surface area contributed by atoms with Crippen molar-refractivity contribution in [1.82, 2.24) is 4.90 Å². The predicted octanol–water partition coefficient (Wildman–Crippen LogP) is 1.33. The van der Waals surface area contributed by atoms with Crippen molar-refractivity contribution in [2.24, 2.45) is 11.8 Å². The van der Waals surface area contributed by atoms with E-state index >= 15 is 0 Å². The molecule has 1 heterocycles. The number of nitrogens with zero attached hydrogens (tertiary/aromatic N) is 1. The number of likely N-dealkylation sites (tertiary alicyclic amines) is 1. The lowest BCUT2D eigenvalue weighted by molar-refractivity contribution is -0.148. The molecule has 0 unspecified atom stereocenters. The molecule has 0 saturated carbocycles. The molecular weight excluding hydrogens is 326 g/mol. The molecule has 7 nitrogen and oxygen atoms in total. The molecule has 2 amide bonds. The third-order valence-corrected chi connectivity index (χ3v) is 4.39. The second-order valence-corrected chi connectivity index (χ2v) is 5.91. The first kappa shape index (κ1) is 16.9. The van der Waals surface area contributed by atoms with Gasteiger partial charge in [-0.25, -0.2) is 9.59 Å². The van der Waals surface area contributed by atoms with Crippen molar-refractivity contribution < 1.29 is 28.7 Å². The molecular formula is C18H17NO6. The molecule has 1 saturated heterocycles. The summed E-state index contributed by atoms with van der Waals surface area (Å²) >= 11 is 0. The first-order valence-corrected chi connectivity index (χ1v) is 7.90. The minimum atomic E-state index is -0.709. The molecule has 0 N–H and O–H groups in total. The minimum Gasteiger partial charge on any atom is -0.465 e. The quantitative estimate of drug-likeness (QED) is 0.355. The highest BCUT2D eigenvalue weighted by Crippen LogP contribution is 2.34. The predicted molar refractivity (Wildman–Crippen MR) is 85.5 cm³/mol. The smallest absolute Gasteiger partial charge is 0.337 e. The van der Waals surface area contributed by atoms with E-state index in [0.29, 0.717) is 18.4 Å². The van der Waals surface area contributed by atoms with Crippen LogP contribution in [0.1, 0.15) is 23.2 Å². The fourth-order valence-corrected chi connectivity index (χ4v) is 3.09. The van der Waals surface area contributed by atoms with Gasteiger partial charge in [-0.05, 0) is 37.1 Å². The highest BCUT2D eigenvalue weighted by molar-refractivity contribution is 6.07. The summed E-state index contributed by atoms with van der Waals surface area (Å²) in [7, 11) is 1.27. The molecule has 1 aromatic rings. The SMILES string of the molecule is COC(=O)c1ccc(OC(=O)CN2C(=O)[C@@H]3CC=CC[C@H]3C2=O)cc1. The molecule has 130 valence electrons. The number of hydrogen-bond donors (Lipinski definition) is 0. The van der Waals surface area contributed by atoms with Crippen LogP contribution in [-0.4, -0.2) is 42.3 Å². The number of fused-ring (bicyclic) bond motifs is 1. The van der Waals surface area contributed by atoms with Crippen LogP contribution < -0.4 is 4.74 Å². The Balaban J connectivity index is 1.62. The summed E-state index contributed by atoms with van der Waals surface area (Å²) in [6.45, 7) is -0.413. The topological polar surface area (TPSA) is 90.0 Å². The van der Waals surface area contributed by atoms with Gasteiger partial charge in [-0.15, -0.1) is 0 Å². The van der Waals surface area contributed by atoms with Crippen LogP contribution in [0.4, 0.5) is 0 Å². The van der Waals surface area contributed by atoms with Crippen molar-refractivity contribution in [1.29, 1.82) is 0 Å².